The average Bonchev–Trinajstić information content (AvgIpc) is 2.43. The van der Waals surface area contributed by atoms with Crippen LogP contribution in [0.25, 0.3) is 0 Å². The van der Waals surface area contributed by atoms with Crippen LogP contribution >= 0.6 is 0 Å². The summed E-state index contributed by atoms with van der Waals surface area (Å²) in [4.78, 5) is 24.6. The average molecular weight is 249 g/mol. The zero-order chi connectivity index (χ0) is 13.5. The predicted octanol–water partition coefficient (Wildman–Crippen LogP) is 0.287. The Morgan fingerprint density at radius 3 is 2.39 bits per heavy atom. The number of hydrogen-bond donors (Lipinski definition) is 2. The van der Waals surface area contributed by atoms with E-state index in [2.05, 4.69) is 12.2 Å². The summed E-state index contributed by atoms with van der Waals surface area (Å²) in [5, 5.41) is 2.45. The summed E-state index contributed by atoms with van der Waals surface area (Å²) in [6.07, 6.45) is 0.939. The molecule has 1 aromatic carbocycles. The fourth-order valence-corrected chi connectivity index (χ4v) is 1.49. The Kier molecular flexibility index (Phi) is 5.32. The van der Waals surface area contributed by atoms with Crippen molar-refractivity contribution in [3.63, 3.8) is 0 Å². The van der Waals surface area contributed by atoms with Crippen molar-refractivity contribution >= 4 is 17.5 Å². The molecule has 18 heavy (non-hydrogen) atoms. The molecule has 0 aliphatic heterocycles. The van der Waals surface area contributed by atoms with Crippen LogP contribution in [0.4, 0.5) is 5.69 Å². The van der Waals surface area contributed by atoms with Gasteiger partial charge in [0.15, 0.2) is 0 Å². The van der Waals surface area contributed by atoms with Gasteiger partial charge < -0.3 is 16.0 Å². The van der Waals surface area contributed by atoms with Gasteiger partial charge in [0.2, 0.25) is 0 Å². The van der Waals surface area contributed by atoms with E-state index in [0.29, 0.717) is 18.8 Å². The quantitative estimate of drug-likeness (QED) is 0.753. The van der Waals surface area contributed by atoms with Crippen LogP contribution in [0, 0.1) is 0 Å². The second-order valence-electron chi connectivity index (χ2n) is 3.93. The maximum absolute atomic E-state index is 11.8. The number of anilines is 1. The van der Waals surface area contributed by atoms with E-state index in [1.165, 1.54) is 10.5 Å². The summed E-state index contributed by atoms with van der Waals surface area (Å²) < 4.78 is 0. The molecule has 98 valence electrons. The van der Waals surface area contributed by atoms with Gasteiger partial charge in [-0.25, -0.2) is 0 Å². The Morgan fingerprint density at radius 2 is 1.89 bits per heavy atom. The summed E-state index contributed by atoms with van der Waals surface area (Å²) >= 11 is 0. The Balaban J connectivity index is 2.70. The molecule has 0 aromatic heterocycles. The predicted molar refractivity (Wildman–Crippen MR) is 71.3 cm³/mol. The monoisotopic (exact) mass is 249 g/mol. The molecule has 0 saturated heterocycles. The van der Waals surface area contributed by atoms with Crippen LogP contribution in [0.2, 0.25) is 0 Å². The van der Waals surface area contributed by atoms with Crippen molar-refractivity contribution in [2.45, 2.75) is 13.3 Å². The van der Waals surface area contributed by atoms with Gasteiger partial charge in [-0.3, -0.25) is 9.59 Å². The fraction of sp³-hybridized carbons (Fsp3) is 0.385. The largest absolute Gasteiger partial charge is 0.347 e. The van der Waals surface area contributed by atoms with Crippen molar-refractivity contribution < 1.29 is 9.59 Å². The van der Waals surface area contributed by atoms with Crippen molar-refractivity contribution in [3.8, 4) is 0 Å². The number of rotatable bonds is 4. The Morgan fingerprint density at radius 1 is 1.28 bits per heavy atom. The Hall–Kier alpha value is -1.88. The first-order valence-corrected chi connectivity index (χ1v) is 5.95. The van der Waals surface area contributed by atoms with E-state index in [-0.39, 0.29) is 0 Å². The van der Waals surface area contributed by atoms with E-state index >= 15 is 0 Å². The summed E-state index contributed by atoms with van der Waals surface area (Å²) in [6, 6.07) is 7.54. The number of nitrogens with two attached hydrogens (primary N) is 1. The van der Waals surface area contributed by atoms with Gasteiger partial charge in [-0.1, -0.05) is 19.1 Å². The third kappa shape index (κ3) is 3.56. The number of nitrogens with zero attached hydrogens (tertiary/aromatic N) is 1. The van der Waals surface area contributed by atoms with E-state index in [9.17, 15) is 9.59 Å². The molecule has 1 aromatic rings. The van der Waals surface area contributed by atoms with E-state index in [1.54, 1.807) is 7.05 Å². The zero-order valence-electron chi connectivity index (χ0n) is 10.8. The SMILES string of the molecule is CCc1ccc(N(C)C(=O)C(=O)NCCN)cc1. The minimum atomic E-state index is -0.637. The number of hydrogen-bond acceptors (Lipinski definition) is 3. The minimum absolute atomic E-state index is 0.299. The molecule has 0 aliphatic carbocycles. The second-order valence-corrected chi connectivity index (χ2v) is 3.93. The maximum Gasteiger partial charge on any atom is 0.316 e. The molecule has 0 radical (unpaired) electrons. The van der Waals surface area contributed by atoms with Crippen molar-refractivity contribution in [1.29, 1.82) is 0 Å². The van der Waals surface area contributed by atoms with Crippen LogP contribution in [-0.4, -0.2) is 32.0 Å². The van der Waals surface area contributed by atoms with Crippen LogP contribution < -0.4 is 16.0 Å². The molecule has 0 unspecified atom stereocenters. The highest BCUT2D eigenvalue weighted by atomic mass is 16.2. The van der Waals surface area contributed by atoms with Gasteiger partial charge in [0.25, 0.3) is 0 Å². The number of likely N-dealkylation sites (N-methyl/N-ethyl adjacent to an activating group) is 1. The van der Waals surface area contributed by atoms with Crippen molar-refractivity contribution in [1.82, 2.24) is 5.32 Å². The molecular weight excluding hydrogens is 230 g/mol. The van der Waals surface area contributed by atoms with Crippen LogP contribution in [0.3, 0.4) is 0 Å². The minimum Gasteiger partial charge on any atom is -0.347 e. The number of carbonyl (C=O) groups is 2. The molecule has 0 heterocycles. The fourth-order valence-electron chi connectivity index (χ4n) is 1.49. The highest BCUT2D eigenvalue weighted by Gasteiger charge is 2.18. The molecule has 3 N–H and O–H groups in total. The highest BCUT2D eigenvalue weighted by molar-refractivity contribution is 6.40. The summed E-state index contributed by atoms with van der Waals surface area (Å²) in [5.41, 5.74) is 7.14. The van der Waals surface area contributed by atoms with Gasteiger partial charge in [-0.05, 0) is 24.1 Å². The number of nitrogens with one attached hydrogen (secondary N) is 1. The van der Waals surface area contributed by atoms with E-state index in [1.807, 2.05) is 24.3 Å². The Labute approximate surface area is 107 Å². The number of benzene rings is 1. The normalized spacial score (nSPS) is 9.94. The van der Waals surface area contributed by atoms with Crippen LogP contribution in [-0.2, 0) is 16.0 Å². The van der Waals surface area contributed by atoms with Crippen molar-refractivity contribution in [2.24, 2.45) is 5.73 Å². The van der Waals surface area contributed by atoms with E-state index < -0.39 is 11.8 Å². The molecular formula is C13H19N3O2. The third-order valence-corrected chi connectivity index (χ3v) is 2.66. The first-order valence-electron chi connectivity index (χ1n) is 5.95. The smallest absolute Gasteiger partial charge is 0.316 e. The molecule has 0 saturated carbocycles. The van der Waals surface area contributed by atoms with E-state index in [4.69, 9.17) is 5.73 Å². The summed E-state index contributed by atoms with van der Waals surface area (Å²) in [7, 11) is 1.57. The topological polar surface area (TPSA) is 75.4 Å². The van der Waals surface area contributed by atoms with Gasteiger partial charge in [0, 0.05) is 25.8 Å². The molecule has 0 bridgehead atoms. The molecule has 0 atom stereocenters. The molecule has 1 rings (SSSR count). The summed E-state index contributed by atoms with van der Waals surface area (Å²) in [5.74, 6) is -1.23. The number of amides is 2. The third-order valence-electron chi connectivity index (χ3n) is 2.66. The lowest BCUT2D eigenvalue weighted by Gasteiger charge is -2.17. The standard InChI is InChI=1S/C13H19N3O2/c1-3-10-4-6-11(7-5-10)16(2)13(18)12(17)15-9-8-14/h4-7H,3,8-9,14H2,1-2H3,(H,15,17). The van der Waals surface area contributed by atoms with Gasteiger partial charge in [0.1, 0.15) is 0 Å². The van der Waals surface area contributed by atoms with Crippen LogP contribution in [0.5, 0.6) is 0 Å². The molecule has 5 heteroatoms. The first kappa shape index (κ1) is 14.2. The van der Waals surface area contributed by atoms with E-state index in [0.717, 1.165) is 6.42 Å². The highest BCUT2D eigenvalue weighted by Crippen LogP contribution is 2.14. The second kappa shape index (κ2) is 6.76. The molecule has 5 nitrogen and oxygen atoms in total. The van der Waals surface area contributed by atoms with Crippen LogP contribution in [0.15, 0.2) is 24.3 Å². The molecule has 2 amide bonds. The first-order chi connectivity index (χ1) is 8.60. The van der Waals surface area contributed by atoms with Gasteiger partial charge >= 0.3 is 11.8 Å². The van der Waals surface area contributed by atoms with Crippen molar-refractivity contribution in [2.75, 3.05) is 25.0 Å². The Bertz CT molecular complexity index is 415. The van der Waals surface area contributed by atoms with Gasteiger partial charge in [-0.2, -0.15) is 0 Å². The van der Waals surface area contributed by atoms with Gasteiger partial charge in [0.05, 0.1) is 0 Å². The number of carbonyl (C=O) groups excluding carboxylic acids is 2. The van der Waals surface area contributed by atoms with Gasteiger partial charge in [-0.15, -0.1) is 0 Å². The lowest BCUT2D eigenvalue weighted by Crippen LogP contribution is -2.42. The molecule has 0 fully saturated rings. The van der Waals surface area contributed by atoms with Crippen LogP contribution in [0.1, 0.15) is 12.5 Å². The molecule has 0 spiro atoms. The lowest BCUT2D eigenvalue weighted by atomic mass is 10.1. The summed E-state index contributed by atoms with van der Waals surface area (Å²) in [6.45, 7) is 2.67. The zero-order valence-corrected chi connectivity index (χ0v) is 10.8. The van der Waals surface area contributed by atoms with Crippen molar-refractivity contribution in [3.05, 3.63) is 29.8 Å². The lowest BCUT2D eigenvalue weighted by molar-refractivity contribution is -0.137. The maximum atomic E-state index is 11.8. The number of aryl methyl sites for hydroxylation is 1. The molecule has 0 aliphatic rings.